The van der Waals surface area contributed by atoms with Gasteiger partial charge in [-0.25, -0.2) is 0 Å². The van der Waals surface area contributed by atoms with Crippen LogP contribution in [-0.2, 0) is 16.2 Å². The zero-order valence-corrected chi connectivity index (χ0v) is 18.7. The molecule has 30 heavy (non-hydrogen) atoms. The third-order valence-corrected chi connectivity index (χ3v) is 6.17. The molecule has 1 aliphatic rings. The van der Waals surface area contributed by atoms with E-state index in [4.69, 9.17) is 50.0 Å². The number of nitrogens with zero attached hydrogens (tertiary/aromatic N) is 1. The van der Waals surface area contributed by atoms with Gasteiger partial charge in [-0.2, -0.15) is 0 Å². The van der Waals surface area contributed by atoms with E-state index >= 15 is 0 Å². The molecule has 0 radical (unpaired) electrons. The fourth-order valence-electron chi connectivity index (χ4n) is 2.64. The molecular weight excluding hydrogens is 469 g/mol. The topological polar surface area (TPSA) is 76.1 Å². The summed E-state index contributed by atoms with van der Waals surface area (Å²) in [6.07, 6.45) is 1.62. The molecule has 1 amide bonds. The number of carboxylic acid groups (broad SMARTS) is 1. The number of hydrogen-bond acceptors (Lipinski definition) is 6. The first kappa shape index (κ1) is 22.4. The highest BCUT2D eigenvalue weighted by Crippen LogP contribution is 2.35. The first-order valence-electron chi connectivity index (χ1n) is 8.51. The maximum atomic E-state index is 12.4. The Kier molecular flexibility index (Phi) is 7.25. The zero-order valence-electron chi connectivity index (χ0n) is 15.6. The summed E-state index contributed by atoms with van der Waals surface area (Å²) in [6.45, 7) is -0.315. The Hall–Kier alpha value is -2.26. The number of hydrogen-bond donors (Lipinski definition) is 1. The van der Waals surface area contributed by atoms with Crippen molar-refractivity contribution in [2.75, 3.05) is 13.7 Å². The highest BCUT2D eigenvalue weighted by atomic mass is 35.5. The van der Waals surface area contributed by atoms with Crippen molar-refractivity contribution in [3.05, 3.63) is 62.5 Å². The van der Waals surface area contributed by atoms with E-state index in [1.807, 2.05) is 0 Å². The van der Waals surface area contributed by atoms with E-state index in [-0.39, 0.29) is 10.9 Å². The summed E-state index contributed by atoms with van der Waals surface area (Å²) in [5.41, 5.74) is 1.33. The van der Waals surface area contributed by atoms with Crippen molar-refractivity contribution < 1.29 is 24.2 Å². The molecule has 0 unspecified atom stereocenters. The SMILES string of the molecule is COc1cc(C=C2SC(=S)N(CC(=O)O)C2=O)ccc1OCc1c(Cl)cccc1Cl. The minimum atomic E-state index is -1.13. The second-order valence-corrected chi connectivity index (χ2v) is 8.55. The first-order valence-corrected chi connectivity index (χ1v) is 10.5. The van der Waals surface area contributed by atoms with Crippen molar-refractivity contribution >= 4 is 69.5 Å². The number of amides is 1. The lowest BCUT2D eigenvalue weighted by molar-refractivity contribution is -0.140. The lowest BCUT2D eigenvalue weighted by Gasteiger charge is -2.13. The van der Waals surface area contributed by atoms with Gasteiger partial charge in [-0.05, 0) is 35.9 Å². The molecular formula is C20H15Cl2NO5S2. The molecule has 1 fully saturated rings. The third kappa shape index (κ3) is 5.07. The van der Waals surface area contributed by atoms with E-state index in [1.165, 1.54) is 7.11 Å². The van der Waals surface area contributed by atoms with E-state index in [0.717, 1.165) is 16.7 Å². The lowest BCUT2D eigenvalue weighted by atomic mass is 10.1. The number of aliphatic carboxylic acids is 1. The molecule has 2 aromatic carbocycles. The Bertz CT molecular complexity index is 1040. The highest BCUT2D eigenvalue weighted by molar-refractivity contribution is 8.26. The maximum Gasteiger partial charge on any atom is 0.323 e. The van der Waals surface area contributed by atoms with E-state index in [9.17, 15) is 9.59 Å². The molecule has 156 valence electrons. The molecule has 2 aromatic rings. The molecule has 0 aliphatic carbocycles. The van der Waals surface area contributed by atoms with Crippen LogP contribution < -0.4 is 9.47 Å². The van der Waals surface area contributed by atoms with Gasteiger partial charge in [-0.1, -0.05) is 59.3 Å². The monoisotopic (exact) mass is 483 g/mol. The standard InChI is InChI=1S/C20H15Cl2NO5S2/c1-27-16-7-11(8-17-19(26)23(9-18(24)25)20(29)30-17)5-6-15(16)28-10-12-13(21)3-2-4-14(12)22/h2-8H,9-10H2,1H3,(H,24,25). The smallest absolute Gasteiger partial charge is 0.323 e. The number of rotatable bonds is 7. The van der Waals surface area contributed by atoms with Gasteiger partial charge in [-0.3, -0.25) is 14.5 Å². The summed E-state index contributed by atoms with van der Waals surface area (Å²) >= 11 is 18.5. The first-order chi connectivity index (χ1) is 14.3. The Morgan fingerprint density at radius 1 is 1.23 bits per heavy atom. The van der Waals surface area contributed by atoms with Crippen LogP contribution in [0.25, 0.3) is 6.08 Å². The van der Waals surface area contributed by atoms with Gasteiger partial charge < -0.3 is 14.6 Å². The average molecular weight is 484 g/mol. The number of carbonyl (C=O) groups excluding carboxylic acids is 1. The molecule has 0 atom stereocenters. The van der Waals surface area contributed by atoms with Crippen LogP contribution in [0.5, 0.6) is 11.5 Å². The van der Waals surface area contributed by atoms with Gasteiger partial charge in [-0.15, -0.1) is 0 Å². The van der Waals surface area contributed by atoms with Crippen LogP contribution in [0.15, 0.2) is 41.3 Å². The van der Waals surface area contributed by atoms with E-state index in [1.54, 1.807) is 42.5 Å². The van der Waals surface area contributed by atoms with Gasteiger partial charge >= 0.3 is 5.97 Å². The van der Waals surface area contributed by atoms with Crippen molar-refractivity contribution in [3.63, 3.8) is 0 Å². The summed E-state index contributed by atoms with van der Waals surface area (Å²) in [4.78, 5) is 24.7. The normalized spacial score (nSPS) is 15.0. The van der Waals surface area contributed by atoms with Crippen LogP contribution in [-0.4, -0.2) is 39.9 Å². The molecule has 1 aliphatic heterocycles. The van der Waals surface area contributed by atoms with E-state index in [0.29, 0.717) is 37.6 Å². The van der Waals surface area contributed by atoms with Gasteiger partial charge in [0.1, 0.15) is 17.5 Å². The number of methoxy groups -OCH3 is 1. The fourth-order valence-corrected chi connectivity index (χ4v) is 4.40. The van der Waals surface area contributed by atoms with Crippen molar-refractivity contribution in [1.82, 2.24) is 4.90 Å². The summed E-state index contributed by atoms with van der Waals surface area (Å²) in [5, 5.41) is 9.92. The fraction of sp³-hybridized carbons (Fsp3) is 0.150. The molecule has 0 spiro atoms. The quantitative estimate of drug-likeness (QED) is 0.444. The molecule has 6 nitrogen and oxygen atoms in total. The number of ether oxygens (including phenoxy) is 2. The summed E-state index contributed by atoms with van der Waals surface area (Å²) in [5.74, 6) is -0.647. The Balaban J connectivity index is 1.79. The number of halogens is 2. The molecule has 0 saturated carbocycles. The van der Waals surface area contributed by atoms with Crippen LogP contribution in [0.1, 0.15) is 11.1 Å². The Morgan fingerprint density at radius 3 is 2.57 bits per heavy atom. The molecule has 0 bridgehead atoms. The number of carbonyl (C=O) groups is 2. The maximum absolute atomic E-state index is 12.4. The van der Waals surface area contributed by atoms with Gasteiger partial charge in [0.25, 0.3) is 5.91 Å². The van der Waals surface area contributed by atoms with Crippen LogP contribution >= 0.6 is 47.2 Å². The Morgan fingerprint density at radius 2 is 1.93 bits per heavy atom. The molecule has 1 saturated heterocycles. The van der Waals surface area contributed by atoms with Gasteiger partial charge in [0.2, 0.25) is 0 Å². The van der Waals surface area contributed by atoms with Crippen molar-refractivity contribution in [2.45, 2.75) is 6.61 Å². The largest absolute Gasteiger partial charge is 0.493 e. The van der Waals surface area contributed by atoms with Gasteiger partial charge in [0, 0.05) is 15.6 Å². The Labute approximate surface area is 192 Å². The lowest BCUT2D eigenvalue weighted by Crippen LogP contribution is -2.33. The second kappa shape index (κ2) is 9.70. The molecule has 1 heterocycles. The highest BCUT2D eigenvalue weighted by Gasteiger charge is 2.33. The minimum absolute atomic E-state index is 0.155. The summed E-state index contributed by atoms with van der Waals surface area (Å²) in [6, 6.07) is 10.4. The van der Waals surface area contributed by atoms with Crippen LogP contribution in [0, 0.1) is 0 Å². The van der Waals surface area contributed by atoms with Crippen LogP contribution in [0.4, 0.5) is 0 Å². The van der Waals surface area contributed by atoms with E-state index in [2.05, 4.69) is 0 Å². The van der Waals surface area contributed by atoms with Crippen molar-refractivity contribution in [2.24, 2.45) is 0 Å². The predicted octanol–water partition coefficient (Wildman–Crippen LogP) is 4.87. The van der Waals surface area contributed by atoms with E-state index < -0.39 is 18.4 Å². The number of benzene rings is 2. The van der Waals surface area contributed by atoms with Crippen molar-refractivity contribution in [3.8, 4) is 11.5 Å². The molecule has 10 heteroatoms. The summed E-state index contributed by atoms with van der Waals surface area (Å²) in [7, 11) is 1.50. The average Bonchev–Trinajstić information content (AvgIpc) is 2.95. The molecule has 1 N–H and O–H groups in total. The summed E-state index contributed by atoms with van der Waals surface area (Å²) < 4.78 is 11.4. The third-order valence-electron chi connectivity index (χ3n) is 4.09. The predicted molar refractivity (Wildman–Crippen MR) is 121 cm³/mol. The van der Waals surface area contributed by atoms with Crippen LogP contribution in [0.3, 0.4) is 0 Å². The van der Waals surface area contributed by atoms with Crippen LogP contribution in [0.2, 0.25) is 10.0 Å². The number of carboxylic acids is 1. The molecule has 3 rings (SSSR count). The molecule has 0 aromatic heterocycles. The van der Waals surface area contributed by atoms with Crippen molar-refractivity contribution in [1.29, 1.82) is 0 Å². The number of thioether (sulfide) groups is 1. The second-order valence-electron chi connectivity index (χ2n) is 6.06. The zero-order chi connectivity index (χ0) is 21.8. The minimum Gasteiger partial charge on any atom is -0.493 e. The van der Waals surface area contributed by atoms with Gasteiger partial charge in [0.15, 0.2) is 11.5 Å². The van der Waals surface area contributed by atoms with Gasteiger partial charge in [0.05, 0.1) is 12.0 Å². The number of thiocarbonyl (C=S) groups is 1.